The molecule has 1 atom stereocenters. The molecule has 2 aromatic rings. The second-order valence-electron chi connectivity index (χ2n) is 7.36. The molecule has 0 spiro atoms. The van der Waals surface area contributed by atoms with Gasteiger partial charge in [0.2, 0.25) is 0 Å². The summed E-state index contributed by atoms with van der Waals surface area (Å²) in [6.45, 7) is 5.39. The summed E-state index contributed by atoms with van der Waals surface area (Å²) in [6, 6.07) is 9.75. The Morgan fingerprint density at radius 2 is 1.93 bits per heavy atom. The zero-order valence-electron chi connectivity index (χ0n) is 16.0. The molecule has 1 N–H and O–H groups in total. The number of benzene rings is 1. The first kappa shape index (κ1) is 19.1. The second-order valence-corrected chi connectivity index (χ2v) is 7.36. The number of aliphatic carboxylic acids is 1. The number of carbonyl (C=O) groups is 2. The third kappa shape index (κ3) is 4.76. The van der Waals surface area contributed by atoms with Gasteiger partial charge >= 0.3 is 5.97 Å². The number of amides is 1. The van der Waals surface area contributed by atoms with Gasteiger partial charge in [-0.15, -0.1) is 0 Å². The molecule has 0 bridgehead atoms. The van der Waals surface area contributed by atoms with Gasteiger partial charge in [0.05, 0.1) is 12.2 Å². The average molecular weight is 369 g/mol. The van der Waals surface area contributed by atoms with Crippen molar-refractivity contribution in [2.75, 3.05) is 6.54 Å². The number of nitrogens with zero attached hydrogens (tertiary/aromatic N) is 3. The van der Waals surface area contributed by atoms with Crippen LogP contribution < -0.4 is 0 Å². The van der Waals surface area contributed by atoms with Gasteiger partial charge in [-0.25, -0.2) is 0 Å². The van der Waals surface area contributed by atoms with Gasteiger partial charge < -0.3 is 10.0 Å². The van der Waals surface area contributed by atoms with Crippen LogP contribution in [-0.2, 0) is 11.3 Å². The molecule has 0 unspecified atom stereocenters. The Balaban J connectivity index is 1.68. The molecular weight excluding hydrogens is 342 g/mol. The quantitative estimate of drug-likeness (QED) is 0.847. The normalized spacial score (nSPS) is 17.1. The third-order valence-corrected chi connectivity index (χ3v) is 5.22. The van der Waals surface area contributed by atoms with E-state index >= 15 is 0 Å². The smallest absolute Gasteiger partial charge is 0.303 e. The summed E-state index contributed by atoms with van der Waals surface area (Å²) in [6.07, 6.45) is 3.54. The van der Waals surface area contributed by atoms with Crippen LogP contribution in [0.3, 0.4) is 0 Å². The lowest BCUT2D eigenvalue weighted by Gasteiger charge is -2.35. The number of hydrogen-bond donors (Lipinski definition) is 1. The van der Waals surface area contributed by atoms with Crippen LogP contribution in [0.2, 0.25) is 0 Å². The molecule has 1 fully saturated rings. The lowest BCUT2D eigenvalue weighted by molar-refractivity contribution is -0.137. The Hall–Kier alpha value is -2.63. The summed E-state index contributed by atoms with van der Waals surface area (Å²) in [7, 11) is 0. The van der Waals surface area contributed by atoms with Crippen LogP contribution in [0.5, 0.6) is 0 Å². The van der Waals surface area contributed by atoms with Gasteiger partial charge in [-0.3, -0.25) is 14.3 Å². The van der Waals surface area contributed by atoms with Crippen molar-refractivity contribution in [1.82, 2.24) is 14.7 Å². The Morgan fingerprint density at radius 3 is 2.56 bits per heavy atom. The van der Waals surface area contributed by atoms with Crippen molar-refractivity contribution in [3.05, 3.63) is 52.8 Å². The number of rotatable bonds is 6. The molecule has 0 radical (unpaired) electrons. The molecule has 1 aliphatic heterocycles. The Bertz CT molecular complexity index is 811. The van der Waals surface area contributed by atoms with Crippen molar-refractivity contribution in [1.29, 1.82) is 0 Å². The number of piperidine rings is 1. The van der Waals surface area contributed by atoms with Gasteiger partial charge in [0, 0.05) is 30.3 Å². The first-order chi connectivity index (χ1) is 12.9. The predicted octanol–water partition coefficient (Wildman–Crippen LogP) is 3.41. The highest BCUT2D eigenvalue weighted by Crippen LogP contribution is 2.23. The number of hydrogen-bond acceptors (Lipinski definition) is 3. The fourth-order valence-corrected chi connectivity index (χ4v) is 3.78. The molecule has 1 aliphatic rings. The van der Waals surface area contributed by atoms with Crippen LogP contribution in [0, 0.1) is 13.8 Å². The second kappa shape index (κ2) is 8.37. The van der Waals surface area contributed by atoms with Crippen molar-refractivity contribution in [3.8, 4) is 0 Å². The van der Waals surface area contributed by atoms with Gasteiger partial charge in [0.15, 0.2) is 0 Å². The summed E-state index contributed by atoms with van der Waals surface area (Å²) >= 11 is 0. The van der Waals surface area contributed by atoms with Crippen molar-refractivity contribution in [3.63, 3.8) is 0 Å². The van der Waals surface area contributed by atoms with Gasteiger partial charge in [0.25, 0.3) is 5.91 Å². The van der Waals surface area contributed by atoms with E-state index < -0.39 is 5.97 Å². The lowest BCUT2D eigenvalue weighted by Crippen LogP contribution is -2.44. The molecule has 1 aromatic heterocycles. The molecule has 3 rings (SSSR count). The Morgan fingerprint density at radius 1 is 1.19 bits per heavy atom. The fourth-order valence-electron chi connectivity index (χ4n) is 3.78. The molecule has 2 heterocycles. The Labute approximate surface area is 159 Å². The summed E-state index contributed by atoms with van der Waals surface area (Å²) < 4.78 is 1.96. The zero-order chi connectivity index (χ0) is 19.4. The van der Waals surface area contributed by atoms with E-state index in [0.29, 0.717) is 25.1 Å². The van der Waals surface area contributed by atoms with Gasteiger partial charge in [-0.1, -0.05) is 12.1 Å². The molecule has 6 nitrogen and oxygen atoms in total. The molecule has 6 heteroatoms. The lowest BCUT2D eigenvalue weighted by atomic mass is 9.96. The number of aryl methyl sites for hydroxylation is 2. The SMILES string of the molecule is Cc1cc(C)n(Cc2ccc(C(=O)N3CCCC[C@H]3CCC(=O)O)cc2)n1. The van der Waals surface area contributed by atoms with Crippen molar-refractivity contribution >= 4 is 11.9 Å². The molecule has 0 aliphatic carbocycles. The molecule has 144 valence electrons. The Kier molecular flexibility index (Phi) is 5.94. The molecule has 27 heavy (non-hydrogen) atoms. The van der Waals surface area contributed by atoms with Crippen LogP contribution in [0.25, 0.3) is 0 Å². The van der Waals surface area contributed by atoms with Crippen molar-refractivity contribution in [2.45, 2.75) is 58.5 Å². The number of likely N-dealkylation sites (tertiary alicyclic amines) is 1. The highest BCUT2D eigenvalue weighted by molar-refractivity contribution is 5.94. The van der Waals surface area contributed by atoms with E-state index in [1.807, 2.05) is 53.8 Å². The van der Waals surface area contributed by atoms with Gasteiger partial charge in [-0.05, 0) is 63.3 Å². The van der Waals surface area contributed by atoms with Crippen molar-refractivity contribution < 1.29 is 14.7 Å². The minimum Gasteiger partial charge on any atom is -0.481 e. The highest BCUT2D eigenvalue weighted by Gasteiger charge is 2.27. The fraction of sp³-hybridized carbons (Fsp3) is 0.476. The largest absolute Gasteiger partial charge is 0.481 e. The first-order valence-corrected chi connectivity index (χ1v) is 9.57. The minimum atomic E-state index is -0.804. The number of aromatic nitrogens is 2. The summed E-state index contributed by atoms with van der Waals surface area (Å²) in [5.41, 5.74) is 3.87. The van der Waals surface area contributed by atoms with E-state index in [0.717, 1.165) is 36.2 Å². The summed E-state index contributed by atoms with van der Waals surface area (Å²) in [5, 5.41) is 13.4. The van der Waals surface area contributed by atoms with Crippen LogP contribution >= 0.6 is 0 Å². The molecule has 1 amide bonds. The molecular formula is C21H27N3O3. The zero-order valence-corrected chi connectivity index (χ0v) is 16.0. The van der Waals surface area contributed by atoms with Gasteiger partial charge in [-0.2, -0.15) is 5.10 Å². The van der Waals surface area contributed by atoms with E-state index in [1.54, 1.807) is 0 Å². The van der Waals surface area contributed by atoms with E-state index in [9.17, 15) is 9.59 Å². The van der Waals surface area contributed by atoms with E-state index in [-0.39, 0.29) is 18.4 Å². The number of carboxylic acids is 1. The summed E-state index contributed by atoms with van der Waals surface area (Å²) in [5.74, 6) is -0.802. The van der Waals surface area contributed by atoms with E-state index in [2.05, 4.69) is 5.10 Å². The average Bonchev–Trinajstić information content (AvgIpc) is 2.97. The monoisotopic (exact) mass is 369 g/mol. The number of carbonyl (C=O) groups excluding carboxylic acids is 1. The first-order valence-electron chi connectivity index (χ1n) is 9.57. The minimum absolute atomic E-state index is 0.00255. The standard InChI is InChI=1S/C21H27N3O3/c1-15-13-16(2)24(22-15)14-17-6-8-18(9-7-17)21(27)23-12-4-3-5-19(23)10-11-20(25)26/h6-9,13,19H,3-5,10-12,14H2,1-2H3,(H,25,26)/t19-/m0/s1. The van der Waals surface area contributed by atoms with E-state index in [1.165, 1.54) is 0 Å². The summed E-state index contributed by atoms with van der Waals surface area (Å²) in [4.78, 5) is 25.7. The van der Waals surface area contributed by atoms with Crippen LogP contribution in [-0.4, -0.2) is 44.3 Å². The topological polar surface area (TPSA) is 75.4 Å². The maximum atomic E-state index is 12.9. The highest BCUT2D eigenvalue weighted by atomic mass is 16.4. The molecule has 1 saturated heterocycles. The maximum Gasteiger partial charge on any atom is 0.303 e. The van der Waals surface area contributed by atoms with Crippen LogP contribution in [0.15, 0.2) is 30.3 Å². The van der Waals surface area contributed by atoms with Crippen LogP contribution in [0.4, 0.5) is 0 Å². The van der Waals surface area contributed by atoms with Crippen LogP contribution in [0.1, 0.15) is 59.4 Å². The number of carboxylic acid groups (broad SMARTS) is 1. The van der Waals surface area contributed by atoms with E-state index in [4.69, 9.17) is 5.11 Å². The molecule has 1 aromatic carbocycles. The maximum absolute atomic E-state index is 12.9. The van der Waals surface area contributed by atoms with Gasteiger partial charge in [0.1, 0.15) is 0 Å². The molecule has 0 saturated carbocycles. The predicted molar refractivity (Wildman–Crippen MR) is 103 cm³/mol. The van der Waals surface area contributed by atoms with Crippen molar-refractivity contribution in [2.24, 2.45) is 0 Å². The third-order valence-electron chi connectivity index (χ3n) is 5.22.